The lowest BCUT2D eigenvalue weighted by Gasteiger charge is -2.10. The Labute approximate surface area is 168 Å². The van der Waals surface area contributed by atoms with E-state index in [0.717, 1.165) is 16.9 Å². The van der Waals surface area contributed by atoms with Crippen molar-refractivity contribution in [3.8, 4) is 5.75 Å². The zero-order chi connectivity index (χ0) is 19.8. The van der Waals surface area contributed by atoms with Crippen LogP contribution in [0.5, 0.6) is 5.75 Å². The summed E-state index contributed by atoms with van der Waals surface area (Å²) in [7, 11) is 1.63. The lowest BCUT2D eigenvalue weighted by atomic mass is 10.1. The minimum absolute atomic E-state index is 0.252. The molecule has 0 aliphatic heterocycles. The first-order valence-corrected chi connectivity index (χ1v) is 9.24. The van der Waals surface area contributed by atoms with Crippen molar-refractivity contribution < 1.29 is 9.53 Å². The summed E-state index contributed by atoms with van der Waals surface area (Å²) in [6.07, 6.45) is 2.03. The number of hydrogen-bond acceptors (Lipinski definition) is 5. The highest BCUT2D eigenvalue weighted by Crippen LogP contribution is 2.18. The lowest BCUT2D eigenvalue weighted by Crippen LogP contribution is -2.26. The maximum atomic E-state index is 12.4. The normalized spacial score (nSPS) is 10.4. The second-order valence-corrected chi connectivity index (χ2v) is 6.46. The summed E-state index contributed by atoms with van der Waals surface area (Å²) >= 11 is 6.16. The molecule has 2 aromatic carbocycles. The molecular formula is C21H21ClN4O2. The second-order valence-electron chi connectivity index (χ2n) is 6.05. The van der Waals surface area contributed by atoms with Crippen molar-refractivity contribution in [2.45, 2.75) is 13.0 Å². The van der Waals surface area contributed by atoms with Crippen LogP contribution in [-0.4, -0.2) is 29.5 Å². The number of amides is 1. The van der Waals surface area contributed by atoms with Gasteiger partial charge in [-0.1, -0.05) is 48.0 Å². The molecule has 1 amide bonds. The first-order chi connectivity index (χ1) is 13.7. The Morgan fingerprint density at radius 3 is 2.61 bits per heavy atom. The average molecular weight is 397 g/mol. The Bertz CT molecular complexity index is 949. The molecule has 0 saturated heterocycles. The van der Waals surface area contributed by atoms with Crippen LogP contribution in [0.4, 0.5) is 5.82 Å². The van der Waals surface area contributed by atoms with Crippen LogP contribution in [0, 0.1) is 0 Å². The van der Waals surface area contributed by atoms with Gasteiger partial charge in [0.15, 0.2) is 0 Å². The van der Waals surface area contributed by atoms with Crippen molar-refractivity contribution in [1.82, 2.24) is 15.3 Å². The number of benzene rings is 2. The van der Waals surface area contributed by atoms with E-state index in [1.807, 2.05) is 48.5 Å². The van der Waals surface area contributed by atoms with Crippen molar-refractivity contribution in [1.29, 1.82) is 0 Å². The molecule has 0 spiro atoms. The number of para-hydroxylation sites is 1. The molecule has 0 atom stereocenters. The summed E-state index contributed by atoms with van der Waals surface area (Å²) in [6.45, 7) is 0.983. The molecule has 28 heavy (non-hydrogen) atoms. The summed E-state index contributed by atoms with van der Waals surface area (Å²) in [5.41, 5.74) is 2.29. The minimum Gasteiger partial charge on any atom is -0.496 e. The van der Waals surface area contributed by atoms with Gasteiger partial charge in [0.25, 0.3) is 5.91 Å². The third kappa shape index (κ3) is 5.20. The van der Waals surface area contributed by atoms with E-state index in [9.17, 15) is 4.79 Å². The summed E-state index contributed by atoms with van der Waals surface area (Å²) in [5, 5.41) is 6.72. The van der Waals surface area contributed by atoms with Crippen LogP contribution >= 0.6 is 11.6 Å². The van der Waals surface area contributed by atoms with Crippen LogP contribution < -0.4 is 15.4 Å². The van der Waals surface area contributed by atoms with Gasteiger partial charge < -0.3 is 15.4 Å². The lowest BCUT2D eigenvalue weighted by molar-refractivity contribution is 0.0949. The maximum Gasteiger partial charge on any atom is 0.270 e. The van der Waals surface area contributed by atoms with E-state index in [0.29, 0.717) is 36.0 Å². The third-order valence-electron chi connectivity index (χ3n) is 4.19. The van der Waals surface area contributed by atoms with Crippen molar-refractivity contribution in [3.05, 3.63) is 82.8 Å². The van der Waals surface area contributed by atoms with Gasteiger partial charge in [-0.2, -0.15) is 0 Å². The number of methoxy groups -OCH3 is 1. The molecule has 0 saturated carbocycles. The molecule has 0 unspecified atom stereocenters. The number of nitrogens with zero attached hydrogens (tertiary/aromatic N) is 2. The minimum atomic E-state index is -0.252. The third-order valence-corrected chi connectivity index (χ3v) is 4.56. The molecule has 3 aromatic rings. The highest BCUT2D eigenvalue weighted by Gasteiger charge is 2.09. The van der Waals surface area contributed by atoms with E-state index in [1.165, 1.54) is 6.33 Å². The molecule has 1 aromatic heterocycles. The molecule has 0 bridgehead atoms. The van der Waals surface area contributed by atoms with Gasteiger partial charge in [-0.25, -0.2) is 9.97 Å². The number of ether oxygens (including phenoxy) is 1. The molecule has 144 valence electrons. The fourth-order valence-corrected chi connectivity index (χ4v) is 2.92. The molecule has 7 heteroatoms. The number of hydrogen-bond donors (Lipinski definition) is 2. The van der Waals surface area contributed by atoms with Gasteiger partial charge in [0, 0.05) is 24.2 Å². The van der Waals surface area contributed by atoms with Crippen LogP contribution in [-0.2, 0) is 13.0 Å². The molecule has 2 N–H and O–H groups in total. The predicted molar refractivity (Wildman–Crippen MR) is 110 cm³/mol. The van der Waals surface area contributed by atoms with E-state index in [1.54, 1.807) is 13.2 Å². The van der Waals surface area contributed by atoms with Crippen LogP contribution in [0.15, 0.2) is 60.9 Å². The Hall–Kier alpha value is -3.12. The largest absolute Gasteiger partial charge is 0.496 e. The van der Waals surface area contributed by atoms with Gasteiger partial charge in [0.05, 0.1) is 7.11 Å². The number of carbonyl (C=O) groups is 1. The first-order valence-electron chi connectivity index (χ1n) is 8.87. The van der Waals surface area contributed by atoms with Crippen molar-refractivity contribution in [2.24, 2.45) is 0 Å². The van der Waals surface area contributed by atoms with E-state index in [2.05, 4.69) is 20.6 Å². The molecular weight excluding hydrogens is 376 g/mol. The Morgan fingerprint density at radius 2 is 1.82 bits per heavy atom. The number of anilines is 1. The van der Waals surface area contributed by atoms with E-state index >= 15 is 0 Å². The van der Waals surface area contributed by atoms with Gasteiger partial charge in [0.1, 0.15) is 23.6 Å². The monoisotopic (exact) mass is 396 g/mol. The zero-order valence-corrected chi connectivity index (χ0v) is 16.2. The van der Waals surface area contributed by atoms with E-state index in [-0.39, 0.29) is 5.91 Å². The highest BCUT2D eigenvalue weighted by molar-refractivity contribution is 6.31. The van der Waals surface area contributed by atoms with Gasteiger partial charge >= 0.3 is 0 Å². The first kappa shape index (κ1) is 19.6. The topological polar surface area (TPSA) is 76.1 Å². The smallest absolute Gasteiger partial charge is 0.270 e. The van der Waals surface area contributed by atoms with Gasteiger partial charge in [0.2, 0.25) is 0 Å². The Kier molecular flexibility index (Phi) is 6.81. The van der Waals surface area contributed by atoms with E-state index < -0.39 is 0 Å². The quantitative estimate of drug-likeness (QED) is 0.606. The number of nitrogens with one attached hydrogen (secondary N) is 2. The molecule has 6 nitrogen and oxygen atoms in total. The summed E-state index contributed by atoms with van der Waals surface area (Å²) in [4.78, 5) is 20.6. The number of aromatic nitrogens is 2. The van der Waals surface area contributed by atoms with Crippen LogP contribution in [0.25, 0.3) is 0 Å². The van der Waals surface area contributed by atoms with Crippen LogP contribution in [0.3, 0.4) is 0 Å². The van der Waals surface area contributed by atoms with Crippen LogP contribution in [0.1, 0.15) is 21.6 Å². The Morgan fingerprint density at radius 1 is 1.07 bits per heavy atom. The fraction of sp³-hybridized carbons (Fsp3) is 0.190. The molecule has 0 aliphatic rings. The SMILES string of the molecule is COc1ccccc1CCNC(=O)c1cc(NCc2ccccc2Cl)ncn1. The van der Waals surface area contributed by atoms with Crippen molar-refractivity contribution in [2.75, 3.05) is 19.0 Å². The predicted octanol–water partition coefficient (Wildman–Crippen LogP) is 3.72. The van der Waals surface area contributed by atoms with Gasteiger partial charge in [-0.05, 0) is 29.7 Å². The summed E-state index contributed by atoms with van der Waals surface area (Å²) in [6, 6.07) is 16.9. The Balaban J connectivity index is 1.55. The molecule has 0 fully saturated rings. The van der Waals surface area contributed by atoms with Crippen molar-refractivity contribution in [3.63, 3.8) is 0 Å². The summed E-state index contributed by atoms with van der Waals surface area (Å²) in [5.74, 6) is 1.12. The summed E-state index contributed by atoms with van der Waals surface area (Å²) < 4.78 is 5.32. The van der Waals surface area contributed by atoms with Gasteiger partial charge in [-0.15, -0.1) is 0 Å². The number of halogens is 1. The fourth-order valence-electron chi connectivity index (χ4n) is 2.72. The second kappa shape index (κ2) is 9.71. The number of rotatable bonds is 8. The molecule has 0 aliphatic carbocycles. The van der Waals surface area contributed by atoms with Gasteiger partial charge in [-0.3, -0.25) is 4.79 Å². The van der Waals surface area contributed by atoms with E-state index in [4.69, 9.17) is 16.3 Å². The van der Waals surface area contributed by atoms with Crippen molar-refractivity contribution >= 4 is 23.3 Å². The molecule has 3 rings (SSSR count). The average Bonchev–Trinajstić information content (AvgIpc) is 2.73. The highest BCUT2D eigenvalue weighted by atomic mass is 35.5. The molecule has 0 radical (unpaired) electrons. The number of carbonyl (C=O) groups excluding carboxylic acids is 1. The van der Waals surface area contributed by atoms with Crippen LogP contribution in [0.2, 0.25) is 5.02 Å². The maximum absolute atomic E-state index is 12.4. The standard InChI is InChI=1S/C21H21ClN4O2/c1-28-19-9-5-3-6-15(19)10-11-23-21(27)18-12-20(26-14-25-18)24-13-16-7-2-4-8-17(16)22/h2-9,12,14H,10-11,13H2,1H3,(H,23,27)(H,24,25,26). The molecule has 1 heterocycles. The zero-order valence-electron chi connectivity index (χ0n) is 15.5.